The maximum Gasteiger partial charge on any atom is 0.318 e. The van der Waals surface area contributed by atoms with Gasteiger partial charge in [-0.05, 0) is 58.7 Å². The molecule has 11 heteroatoms. The third-order valence-corrected chi connectivity index (χ3v) is 6.48. The highest BCUT2D eigenvalue weighted by atomic mass is 16.6. The monoisotopic (exact) mass is 532 g/mol. The van der Waals surface area contributed by atoms with Gasteiger partial charge < -0.3 is 9.47 Å². The number of benzene rings is 3. The Hall–Kier alpha value is -4.80. The molecule has 1 saturated carbocycles. The Bertz CT molecular complexity index is 1450. The van der Waals surface area contributed by atoms with Crippen LogP contribution in [-0.4, -0.2) is 29.1 Å². The number of hydrogen-bond acceptors (Lipinski definition) is 8. The number of amides is 1. The summed E-state index contributed by atoms with van der Waals surface area (Å²) in [5, 5.41) is 26.4. The first kappa shape index (κ1) is 27.2. The number of nitro groups is 2. The SMILES string of the molecule is COc1cc(/C=N/NC(=O)C2CC2c2ccc(C(C)(C)C)cc2)ccc1Oc1ccc([N+](=O)[O-])cc1[N+](=O)[O-]. The first-order chi connectivity index (χ1) is 18.5. The summed E-state index contributed by atoms with van der Waals surface area (Å²) >= 11 is 0. The van der Waals surface area contributed by atoms with Gasteiger partial charge in [0.2, 0.25) is 11.7 Å². The van der Waals surface area contributed by atoms with Crippen molar-refractivity contribution in [3.8, 4) is 17.2 Å². The molecule has 2 atom stereocenters. The van der Waals surface area contributed by atoms with Crippen LogP contribution >= 0.6 is 0 Å². The lowest BCUT2D eigenvalue weighted by atomic mass is 9.86. The van der Waals surface area contributed by atoms with Gasteiger partial charge in [-0.3, -0.25) is 25.0 Å². The number of rotatable bonds is 9. The van der Waals surface area contributed by atoms with E-state index in [0.29, 0.717) is 5.56 Å². The van der Waals surface area contributed by atoms with Crippen LogP contribution in [0.15, 0.2) is 65.8 Å². The van der Waals surface area contributed by atoms with Crippen molar-refractivity contribution in [3.05, 3.63) is 97.6 Å². The van der Waals surface area contributed by atoms with Gasteiger partial charge in [0, 0.05) is 12.0 Å². The Labute approximate surface area is 224 Å². The summed E-state index contributed by atoms with van der Waals surface area (Å²) in [5.41, 5.74) is 4.65. The smallest absolute Gasteiger partial charge is 0.318 e. The Morgan fingerprint density at radius 3 is 2.28 bits per heavy atom. The zero-order valence-corrected chi connectivity index (χ0v) is 21.9. The van der Waals surface area contributed by atoms with Crippen LogP contribution < -0.4 is 14.9 Å². The van der Waals surface area contributed by atoms with E-state index in [0.717, 1.165) is 30.2 Å². The molecular formula is C28H28N4O7. The van der Waals surface area contributed by atoms with Gasteiger partial charge in [-0.15, -0.1) is 0 Å². The van der Waals surface area contributed by atoms with Crippen LogP contribution in [0, 0.1) is 26.1 Å². The van der Waals surface area contributed by atoms with Gasteiger partial charge >= 0.3 is 5.69 Å². The zero-order chi connectivity index (χ0) is 28.3. The van der Waals surface area contributed by atoms with Crippen LogP contribution in [0.25, 0.3) is 0 Å². The fraction of sp³-hybridized carbons (Fsp3) is 0.286. The Kier molecular flexibility index (Phi) is 7.61. The van der Waals surface area contributed by atoms with Gasteiger partial charge in [0.25, 0.3) is 5.69 Å². The minimum absolute atomic E-state index is 0.0727. The summed E-state index contributed by atoms with van der Waals surface area (Å²) in [7, 11) is 1.40. The normalized spacial score (nSPS) is 16.5. The number of carbonyl (C=O) groups is 1. The quantitative estimate of drug-likeness (QED) is 0.206. The summed E-state index contributed by atoms with van der Waals surface area (Å²) in [4.78, 5) is 33.4. The number of nitro benzene ring substituents is 2. The van der Waals surface area contributed by atoms with Crippen molar-refractivity contribution in [1.82, 2.24) is 5.43 Å². The molecular weight excluding hydrogens is 504 g/mol. The molecule has 1 fully saturated rings. The molecule has 1 amide bonds. The van der Waals surface area contributed by atoms with Crippen molar-refractivity contribution >= 4 is 23.5 Å². The largest absolute Gasteiger partial charge is 0.493 e. The molecule has 0 aliphatic heterocycles. The van der Waals surface area contributed by atoms with Gasteiger partial charge in [-0.2, -0.15) is 5.10 Å². The number of methoxy groups -OCH3 is 1. The second kappa shape index (κ2) is 10.9. The summed E-state index contributed by atoms with van der Waals surface area (Å²) in [6, 6.07) is 16.2. The van der Waals surface area contributed by atoms with Crippen molar-refractivity contribution in [2.75, 3.05) is 7.11 Å². The third kappa shape index (κ3) is 6.38. The van der Waals surface area contributed by atoms with E-state index in [4.69, 9.17) is 9.47 Å². The van der Waals surface area contributed by atoms with Gasteiger partial charge in [-0.25, -0.2) is 5.43 Å². The maximum absolute atomic E-state index is 12.6. The average Bonchev–Trinajstić information content (AvgIpc) is 3.70. The highest BCUT2D eigenvalue weighted by molar-refractivity contribution is 5.86. The molecule has 202 valence electrons. The van der Waals surface area contributed by atoms with Gasteiger partial charge in [0.1, 0.15) is 0 Å². The number of non-ortho nitro benzene ring substituents is 1. The van der Waals surface area contributed by atoms with Gasteiger partial charge in [0.15, 0.2) is 11.5 Å². The van der Waals surface area contributed by atoms with E-state index in [9.17, 15) is 25.0 Å². The lowest BCUT2D eigenvalue weighted by Crippen LogP contribution is -2.20. The number of hydrogen-bond donors (Lipinski definition) is 1. The molecule has 0 bridgehead atoms. The van der Waals surface area contributed by atoms with Crippen molar-refractivity contribution < 1.29 is 24.1 Å². The predicted molar refractivity (Wildman–Crippen MR) is 145 cm³/mol. The van der Waals surface area contributed by atoms with E-state index >= 15 is 0 Å². The highest BCUT2D eigenvalue weighted by Gasteiger charge is 2.44. The van der Waals surface area contributed by atoms with E-state index in [1.54, 1.807) is 12.1 Å². The van der Waals surface area contributed by atoms with Gasteiger partial charge in [0.05, 0.1) is 29.2 Å². The van der Waals surface area contributed by atoms with Crippen LogP contribution in [0.2, 0.25) is 0 Å². The first-order valence-corrected chi connectivity index (χ1v) is 12.2. The van der Waals surface area contributed by atoms with Crippen molar-refractivity contribution in [2.45, 2.75) is 38.5 Å². The molecule has 0 spiro atoms. The lowest BCUT2D eigenvalue weighted by Gasteiger charge is -2.19. The first-order valence-electron chi connectivity index (χ1n) is 12.2. The van der Waals surface area contributed by atoms with Crippen LogP contribution in [0.3, 0.4) is 0 Å². The molecule has 4 rings (SSSR count). The van der Waals surface area contributed by atoms with Crippen LogP contribution in [0.5, 0.6) is 17.2 Å². The van der Waals surface area contributed by atoms with E-state index in [1.165, 1.54) is 25.0 Å². The average molecular weight is 533 g/mol. The standard InChI is InChI=1S/C28H28N4O7/c1-28(2,3)19-8-6-18(7-9-19)21-15-22(21)27(33)30-29-16-17-5-11-25(26(13-17)38-4)39-24-12-10-20(31(34)35)14-23(24)32(36)37/h5-14,16,21-22H,15H2,1-4H3,(H,30,33)/b29-16+. The van der Waals surface area contributed by atoms with E-state index in [-0.39, 0.29) is 40.4 Å². The van der Waals surface area contributed by atoms with Crippen LogP contribution in [-0.2, 0) is 10.2 Å². The maximum atomic E-state index is 12.6. The Morgan fingerprint density at radius 2 is 1.67 bits per heavy atom. The van der Waals surface area contributed by atoms with Crippen molar-refractivity contribution in [2.24, 2.45) is 11.0 Å². The lowest BCUT2D eigenvalue weighted by molar-refractivity contribution is -0.394. The zero-order valence-electron chi connectivity index (χ0n) is 21.9. The molecule has 0 saturated heterocycles. The second-order valence-electron chi connectivity index (χ2n) is 10.2. The minimum atomic E-state index is -0.760. The van der Waals surface area contributed by atoms with E-state index < -0.39 is 21.2 Å². The van der Waals surface area contributed by atoms with Crippen LogP contribution in [0.4, 0.5) is 11.4 Å². The molecule has 0 radical (unpaired) electrons. The molecule has 0 aromatic heterocycles. The molecule has 3 aromatic rings. The Balaban J connectivity index is 1.39. The second-order valence-corrected chi connectivity index (χ2v) is 10.2. The molecule has 1 N–H and O–H groups in total. The summed E-state index contributed by atoms with van der Waals surface area (Å²) in [6.07, 6.45) is 2.22. The molecule has 3 aromatic carbocycles. The van der Waals surface area contributed by atoms with Crippen molar-refractivity contribution in [1.29, 1.82) is 0 Å². The van der Waals surface area contributed by atoms with E-state index in [1.807, 2.05) is 0 Å². The summed E-state index contributed by atoms with van der Waals surface area (Å²) < 4.78 is 11.0. The number of nitrogens with zero attached hydrogens (tertiary/aromatic N) is 3. The number of carbonyl (C=O) groups excluding carboxylic acids is 1. The number of ether oxygens (including phenoxy) is 2. The van der Waals surface area contributed by atoms with Crippen LogP contribution in [0.1, 0.15) is 49.8 Å². The van der Waals surface area contributed by atoms with Crippen molar-refractivity contribution in [3.63, 3.8) is 0 Å². The Morgan fingerprint density at radius 1 is 0.974 bits per heavy atom. The fourth-order valence-corrected chi connectivity index (χ4v) is 4.15. The fourth-order valence-electron chi connectivity index (χ4n) is 4.15. The summed E-state index contributed by atoms with van der Waals surface area (Å²) in [5.74, 6) is 0.116. The minimum Gasteiger partial charge on any atom is -0.493 e. The molecule has 1 aliphatic rings. The molecule has 39 heavy (non-hydrogen) atoms. The predicted octanol–water partition coefficient (Wildman–Crippen LogP) is 5.86. The molecule has 11 nitrogen and oxygen atoms in total. The third-order valence-electron chi connectivity index (χ3n) is 6.48. The molecule has 0 heterocycles. The van der Waals surface area contributed by atoms with E-state index in [2.05, 4.69) is 55.6 Å². The highest BCUT2D eigenvalue weighted by Crippen LogP contribution is 2.47. The number of nitrogens with one attached hydrogen (secondary N) is 1. The summed E-state index contributed by atoms with van der Waals surface area (Å²) in [6.45, 7) is 6.48. The topological polar surface area (TPSA) is 146 Å². The van der Waals surface area contributed by atoms with Gasteiger partial charge in [-0.1, -0.05) is 45.0 Å². The molecule has 1 aliphatic carbocycles. The number of hydrazone groups is 1. The molecule has 2 unspecified atom stereocenters.